The first-order valence-corrected chi connectivity index (χ1v) is 11.3. The van der Waals surface area contributed by atoms with Gasteiger partial charge in [-0.15, -0.1) is 6.42 Å². The quantitative estimate of drug-likeness (QED) is 0.237. The van der Waals surface area contributed by atoms with E-state index >= 15 is 0 Å². The third-order valence-electron chi connectivity index (χ3n) is 3.97. The fourth-order valence-electron chi connectivity index (χ4n) is 2.71. The maximum Gasteiger partial charge on any atom is 0.280 e. The Labute approximate surface area is 167 Å². The zero-order chi connectivity index (χ0) is 22.3. The molecule has 17 heteroatoms. The van der Waals surface area contributed by atoms with Crippen molar-refractivity contribution in [1.29, 1.82) is 0 Å². The molecule has 1 aliphatic rings. The van der Waals surface area contributed by atoms with E-state index in [1.54, 1.807) is 5.92 Å². The highest BCUT2D eigenvalue weighted by molar-refractivity contribution is 7.62. The van der Waals surface area contributed by atoms with Gasteiger partial charge in [0.15, 0.2) is 25.0 Å². The number of nitrogens with two attached hydrogens (primary N) is 1. The van der Waals surface area contributed by atoms with Gasteiger partial charge in [0, 0.05) is 0 Å². The Kier molecular flexibility index (Phi) is 6.17. The van der Waals surface area contributed by atoms with Crippen LogP contribution in [0.2, 0.25) is 0 Å². The molecule has 3 rings (SSSR count). The summed E-state index contributed by atoms with van der Waals surface area (Å²) in [6.45, 7) is -0.895. The van der Waals surface area contributed by atoms with Gasteiger partial charge in [-0.3, -0.25) is 23.2 Å². The Hall–Kier alpha value is -2.11. The SMILES string of the molecule is C#CCP(=O)([O-])OP(=O)([O-])OC[C@H]1O[C@@H](n2cnc3c(=O)[nH]c(N)nc32)[C@@H](O)C1O. The Bertz CT molecular complexity index is 1140. The number of nitrogens with zero attached hydrogens (tertiary/aromatic N) is 3. The number of phosphoric acid groups is 1. The van der Waals surface area contributed by atoms with Crippen molar-refractivity contribution in [3.05, 3.63) is 16.7 Å². The number of rotatable bonds is 7. The number of hydrogen-bond acceptors (Lipinski definition) is 13. The predicted molar refractivity (Wildman–Crippen MR) is 94.4 cm³/mol. The lowest BCUT2D eigenvalue weighted by molar-refractivity contribution is -0.233. The van der Waals surface area contributed by atoms with E-state index in [0.29, 0.717) is 0 Å². The second-order valence-corrected chi connectivity index (χ2v) is 9.46. The maximum absolute atomic E-state index is 11.8. The van der Waals surface area contributed by atoms with E-state index in [1.807, 2.05) is 0 Å². The molecule has 1 fully saturated rings. The van der Waals surface area contributed by atoms with Crippen LogP contribution in [0.1, 0.15) is 6.23 Å². The fraction of sp³-hybridized carbons (Fsp3) is 0.462. The molecule has 0 spiro atoms. The van der Waals surface area contributed by atoms with Crippen LogP contribution in [0, 0.1) is 12.3 Å². The van der Waals surface area contributed by atoms with E-state index in [0.717, 1.165) is 10.9 Å². The summed E-state index contributed by atoms with van der Waals surface area (Å²) in [5, 5.41) is 20.4. The number of ether oxygens (including phenoxy) is 1. The molecule has 15 nitrogen and oxygen atoms in total. The third-order valence-corrected chi connectivity index (χ3v) is 6.80. The summed E-state index contributed by atoms with van der Waals surface area (Å²) in [7, 11) is -10.3. The Morgan fingerprint density at radius 2 is 2.10 bits per heavy atom. The van der Waals surface area contributed by atoms with Crippen molar-refractivity contribution in [2.45, 2.75) is 24.5 Å². The van der Waals surface area contributed by atoms with Crippen LogP contribution in [-0.4, -0.2) is 60.8 Å². The van der Waals surface area contributed by atoms with Gasteiger partial charge in [0.25, 0.3) is 13.4 Å². The topological polar surface area (TPSA) is 238 Å². The van der Waals surface area contributed by atoms with Crippen LogP contribution in [0.25, 0.3) is 11.2 Å². The summed E-state index contributed by atoms with van der Waals surface area (Å²) in [6, 6.07) is 0. The van der Waals surface area contributed by atoms with Crippen LogP contribution in [0.15, 0.2) is 11.1 Å². The van der Waals surface area contributed by atoms with Crippen molar-refractivity contribution in [3.8, 4) is 12.3 Å². The smallest absolute Gasteiger partial charge is 0.280 e. The number of fused-ring (bicyclic) bond motifs is 1. The van der Waals surface area contributed by atoms with Crippen molar-refractivity contribution < 1.29 is 42.7 Å². The molecule has 0 bridgehead atoms. The molecule has 6 atom stereocenters. The third kappa shape index (κ3) is 4.62. The number of phosphoric ester groups is 1. The molecule has 0 aliphatic carbocycles. The number of terminal acetylenes is 1. The molecule has 3 heterocycles. The van der Waals surface area contributed by atoms with Crippen molar-refractivity contribution in [2.75, 3.05) is 18.5 Å². The number of anilines is 1. The maximum atomic E-state index is 11.8. The second-order valence-electron chi connectivity index (χ2n) is 6.12. The molecule has 164 valence electrons. The molecular formula is C13H15N5O10P2-2. The fourth-order valence-corrected chi connectivity index (χ4v) is 4.90. The van der Waals surface area contributed by atoms with Crippen molar-refractivity contribution in [2.24, 2.45) is 0 Å². The van der Waals surface area contributed by atoms with E-state index in [1.165, 1.54) is 0 Å². The molecule has 30 heavy (non-hydrogen) atoms. The lowest BCUT2D eigenvalue weighted by Crippen LogP contribution is -2.34. The number of aliphatic hydroxyl groups excluding tert-OH is 2. The summed E-state index contributed by atoms with van der Waals surface area (Å²) < 4.78 is 37.9. The Morgan fingerprint density at radius 3 is 2.77 bits per heavy atom. The van der Waals surface area contributed by atoms with E-state index in [2.05, 4.69) is 23.8 Å². The molecule has 2 aromatic rings. The van der Waals surface area contributed by atoms with Gasteiger partial charge in [0.2, 0.25) is 5.95 Å². The largest absolute Gasteiger partial charge is 0.778 e. The van der Waals surface area contributed by atoms with Crippen LogP contribution in [-0.2, 0) is 22.7 Å². The van der Waals surface area contributed by atoms with Crippen LogP contribution in [0.4, 0.5) is 5.95 Å². The van der Waals surface area contributed by atoms with E-state index in [-0.39, 0.29) is 17.1 Å². The first-order chi connectivity index (χ1) is 13.9. The van der Waals surface area contributed by atoms with Crippen molar-refractivity contribution >= 4 is 32.5 Å². The molecule has 1 saturated heterocycles. The highest BCUT2D eigenvalue weighted by Gasteiger charge is 2.45. The average molecular weight is 463 g/mol. The Morgan fingerprint density at radius 1 is 1.40 bits per heavy atom. The monoisotopic (exact) mass is 463 g/mol. The minimum absolute atomic E-state index is 0.0616. The summed E-state index contributed by atoms with van der Waals surface area (Å²) >= 11 is 0. The molecule has 1 aliphatic heterocycles. The normalized spacial score (nSPS) is 28.1. The molecule has 0 saturated carbocycles. The molecular weight excluding hydrogens is 448 g/mol. The predicted octanol–water partition coefficient (Wildman–Crippen LogP) is -2.99. The summed E-state index contributed by atoms with van der Waals surface area (Å²) in [5.74, 6) is 1.49. The number of H-pyrrole nitrogens is 1. The standard InChI is InChI=1S/C13H17N5O10P2/c1-2-3-29(22,23)28-30(24,25)26-4-6-8(19)9(20)12(27-6)18-5-15-7-10(18)16-13(14)17-11(7)21/h1,5-6,8-9,12,19-20H,3-4H2,(H,22,23)(H,24,25)(H3,14,16,17,21)/p-2/t6-,8?,9+,12-/m1/s1. The number of aliphatic hydroxyl groups is 2. The Balaban J connectivity index is 1.75. The number of nitrogen functional groups attached to an aromatic ring is 1. The van der Waals surface area contributed by atoms with Gasteiger partial charge in [0.05, 0.1) is 19.1 Å². The number of nitrogens with one attached hydrogen (secondary N) is 1. The van der Waals surface area contributed by atoms with Gasteiger partial charge in [-0.25, -0.2) is 4.98 Å². The van der Waals surface area contributed by atoms with Crippen LogP contribution in [0.3, 0.4) is 0 Å². The van der Waals surface area contributed by atoms with Crippen molar-refractivity contribution in [1.82, 2.24) is 19.5 Å². The molecule has 3 unspecified atom stereocenters. The molecule has 0 radical (unpaired) electrons. The molecule has 5 N–H and O–H groups in total. The van der Waals surface area contributed by atoms with Gasteiger partial charge < -0.3 is 39.6 Å². The summed E-state index contributed by atoms with van der Waals surface area (Å²) in [5.41, 5.74) is 4.66. The number of aromatic nitrogens is 4. The van der Waals surface area contributed by atoms with E-state index < -0.39 is 58.3 Å². The second kappa shape index (κ2) is 8.20. The number of hydrogen-bond donors (Lipinski definition) is 4. The molecule has 2 aromatic heterocycles. The number of imidazole rings is 1. The lowest BCUT2D eigenvalue weighted by atomic mass is 10.1. The lowest BCUT2D eigenvalue weighted by Gasteiger charge is -2.31. The van der Waals surface area contributed by atoms with E-state index in [9.17, 15) is 33.9 Å². The molecule has 0 aromatic carbocycles. The van der Waals surface area contributed by atoms with Crippen LogP contribution >= 0.6 is 15.4 Å². The van der Waals surface area contributed by atoms with Crippen LogP contribution < -0.4 is 21.1 Å². The summed E-state index contributed by atoms with van der Waals surface area (Å²) in [6.07, 6.45) is -1.11. The average Bonchev–Trinajstić information content (AvgIpc) is 3.14. The highest BCUT2D eigenvalue weighted by Crippen LogP contribution is 2.54. The minimum Gasteiger partial charge on any atom is -0.778 e. The van der Waals surface area contributed by atoms with E-state index in [4.69, 9.17) is 16.9 Å². The molecule has 0 amide bonds. The van der Waals surface area contributed by atoms with Gasteiger partial charge in [-0.1, -0.05) is 5.92 Å². The number of aromatic amines is 1. The van der Waals surface area contributed by atoms with Gasteiger partial charge in [-0.05, 0) is 0 Å². The van der Waals surface area contributed by atoms with Crippen LogP contribution in [0.5, 0.6) is 0 Å². The first kappa shape index (κ1) is 22.6. The van der Waals surface area contributed by atoms with Gasteiger partial charge in [-0.2, -0.15) is 4.98 Å². The highest BCUT2D eigenvalue weighted by atomic mass is 31.3. The summed E-state index contributed by atoms with van der Waals surface area (Å²) in [4.78, 5) is 44.9. The zero-order valence-electron chi connectivity index (χ0n) is 14.9. The minimum atomic E-state index is -5.36. The van der Waals surface area contributed by atoms with Gasteiger partial charge >= 0.3 is 0 Å². The van der Waals surface area contributed by atoms with Crippen molar-refractivity contribution in [3.63, 3.8) is 0 Å². The van der Waals surface area contributed by atoms with Gasteiger partial charge in [0.1, 0.15) is 18.3 Å². The zero-order valence-corrected chi connectivity index (χ0v) is 16.6. The first-order valence-electron chi connectivity index (χ1n) is 8.08.